The lowest BCUT2D eigenvalue weighted by molar-refractivity contribution is -0.125. The molecule has 0 aromatic carbocycles. The first-order valence-electron chi connectivity index (χ1n) is 4.29. The number of amides is 1. The van der Waals surface area contributed by atoms with E-state index >= 15 is 0 Å². The molecule has 3 atom stereocenters. The number of fused-ring (bicyclic) bond motifs is 1. The van der Waals surface area contributed by atoms with E-state index in [4.69, 9.17) is 0 Å². The molecule has 0 saturated carbocycles. The van der Waals surface area contributed by atoms with Gasteiger partial charge in [-0.2, -0.15) is 0 Å². The average Bonchev–Trinajstić information content (AvgIpc) is 2.04. The van der Waals surface area contributed by atoms with Gasteiger partial charge in [0.05, 0.1) is 12.6 Å². The van der Waals surface area contributed by atoms with E-state index < -0.39 is 0 Å². The standard InChI is InChI=1S/C7H14N3OP/c11-7-4-10(12)6-1-2-8-3-5(6)9-7/h5-6,8H,1-4,12H2,(H,9,11). The Kier molecular flexibility index (Phi) is 2.31. The second kappa shape index (κ2) is 3.29. The van der Waals surface area contributed by atoms with Gasteiger partial charge >= 0.3 is 0 Å². The van der Waals surface area contributed by atoms with Crippen LogP contribution in [0.4, 0.5) is 0 Å². The van der Waals surface area contributed by atoms with Crippen LogP contribution in [0.5, 0.6) is 0 Å². The van der Waals surface area contributed by atoms with E-state index in [1.54, 1.807) is 0 Å². The Morgan fingerprint density at radius 2 is 2.42 bits per heavy atom. The largest absolute Gasteiger partial charge is 0.349 e. The van der Waals surface area contributed by atoms with Crippen molar-refractivity contribution < 1.29 is 4.79 Å². The van der Waals surface area contributed by atoms with Crippen molar-refractivity contribution in [1.82, 2.24) is 15.3 Å². The number of nitrogens with zero attached hydrogens (tertiary/aromatic N) is 1. The highest BCUT2D eigenvalue weighted by atomic mass is 31.0. The minimum Gasteiger partial charge on any atom is -0.349 e. The lowest BCUT2D eigenvalue weighted by Crippen LogP contribution is -2.63. The molecule has 2 rings (SSSR count). The van der Waals surface area contributed by atoms with Crippen LogP contribution in [0.25, 0.3) is 0 Å². The van der Waals surface area contributed by atoms with Crippen molar-refractivity contribution in [3.05, 3.63) is 0 Å². The van der Waals surface area contributed by atoms with Gasteiger partial charge in [-0.15, -0.1) is 0 Å². The first-order valence-corrected chi connectivity index (χ1v) is 4.80. The van der Waals surface area contributed by atoms with E-state index in [1.807, 2.05) is 0 Å². The van der Waals surface area contributed by atoms with E-state index in [0.29, 0.717) is 18.6 Å². The van der Waals surface area contributed by atoms with Gasteiger partial charge in [0.15, 0.2) is 0 Å². The zero-order valence-corrected chi connectivity index (χ0v) is 8.07. The second-order valence-electron chi connectivity index (χ2n) is 3.41. The molecule has 2 aliphatic heterocycles. The molecule has 0 spiro atoms. The maximum atomic E-state index is 11.1. The topological polar surface area (TPSA) is 44.4 Å². The molecular formula is C7H14N3OP. The summed E-state index contributed by atoms with van der Waals surface area (Å²) in [7, 11) is 2.65. The van der Waals surface area contributed by atoms with E-state index in [1.165, 1.54) is 0 Å². The molecule has 2 N–H and O–H groups in total. The number of hydrogen-bond donors (Lipinski definition) is 2. The first kappa shape index (κ1) is 8.42. The molecule has 0 bridgehead atoms. The predicted molar refractivity (Wildman–Crippen MR) is 49.6 cm³/mol. The van der Waals surface area contributed by atoms with Crippen molar-refractivity contribution in [1.29, 1.82) is 0 Å². The zero-order chi connectivity index (χ0) is 8.55. The second-order valence-corrected chi connectivity index (χ2v) is 4.07. The van der Waals surface area contributed by atoms with E-state index in [9.17, 15) is 4.79 Å². The SMILES string of the molecule is O=C1CN(P)C2CCNCC2N1. The fourth-order valence-electron chi connectivity index (χ4n) is 1.92. The number of rotatable bonds is 0. The Labute approximate surface area is 74.3 Å². The molecule has 0 radical (unpaired) electrons. The van der Waals surface area contributed by atoms with Gasteiger partial charge in [-0.05, 0) is 13.0 Å². The van der Waals surface area contributed by atoms with E-state index in [2.05, 4.69) is 24.7 Å². The van der Waals surface area contributed by atoms with Gasteiger partial charge in [0, 0.05) is 12.6 Å². The highest BCUT2D eigenvalue weighted by molar-refractivity contribution is 7.13. The van der Waals surface area contributed by atoms with Crippen LogP contribution in [0.1, 0.15) is 6.42 Å². The van der Waals surface area contributed by atoms with Crippen molar-refractivity contribution in [2.75, 3.05) is 19.6 Å². The van der Waals surface area contributed by atoms with Crippen LogP contribution in [-0.4, -0.2) is 42.3 Å². The van der Waals surface area contributed by atoms with Crippen LogP contribution in [0.15, 0.2) is 0 Å². The van der Waals surface area contributed by atoms with Gasteiger partial charge < -0.3 is 10.6 Å². The van der Waals surface area contributed by atoms with Crippen LogP contribution in [-0.2, 0) is 4.79 Å². The summed E-state index contributed by atoms with van der Waals surface area (Å²) in [6, 6.07) is 0.812. The van der Waals surface area contributed by atoms with Crippen LogP contribution >= 0.6 is 9.39 Å². The fraction of sp³-hybridized carbons (Fsp3) is 0.857. The number of piperazine rings is 1. The molecule has 2 fully saturated rings. The number of carbonyl (C=O) groups excluding carboxylic acids is 1. The van der Waals surface area contributed by atoms with Crippen molar-refractivity contribution in [2.24, 2.45) is 0 Å². The van der Waals surface area contributed by atoms with Crippen molar-refractivity contribution in [3.63, 3.8) is 0 Å². The van der Waals surface area contributed by atoms with Crippen LogP contribution in [0.2, 0.25) is 0 Å². The van der Waals surface area contributed by atoms with E-state index in [0.717, 1.165) is 19.5 Å². The lowest BCUT2D eigenvalue weighted by Gasteiger charge is -2.42. The fourth-order valence-corrected chi connectivity index (χ4v) is 2.45. The van der Waals surface area contributed by atoms with Gasteiger partial charge in [-0.1, -0.05) is 9.39 Å². The molecule has 2 saturated heterocycles. The normalized spacial score (nSPS) is 37.2. The number of piperidine rings is 1. The molecule has 12 heavy (non-hydrogen) atoms. The first-order chi connectivity index (χ1) is 5.77. The lowest BCUT2D eigenvalue weighted by atomic mass is 9.99. The quantitative estimate of drug-likeness (QED) is 0.475. The summed E-state index contributed by atoms with van der Waals surface area (Å²) in [4.78, 5) is 11.1. The third kappa shape index (κ3) is 1.47. The predicted octanol–water partition coefficient (Wildman–Crippen LogP) is -1.06. The molecule has 0 aliphatic carbocycles. The molecule has 2 aliphatic rings. The molecule has 3 unspecified atom stereocenters. The van der Waals surface area contributed by atoms with Gasteiger partial charge in [-0.25, -0.2) is 0 Å². The minimum absolute atomic E-state index is 0.134. The van der Waals surface area contributed by atoms with Crippen LogP contribution in [0.3, 0.4) is 0 Å². The molecule has 1 amide bonds. The highest BCUT2D eigenvalue weighted by Crippen LogP contribution is 2.19. The third-order valence-corrected chi connectivity index (χ3v) is 3.11. The van der Waals surface area contributed by atoms with Crippen molar-refractivity contribution in [3.8, 4) is 0 Å². The molecule has 68 valence electrons. The van der Waals surface area contributed by atoms with Gasteiger partial charge in [0.1, 0.15) is 0 Å². The molecule has 0 aromatic heterocycles. The summed E-state index contributed by atoms with van der Waals surface area (Å²) >= 11 is 0. The summed E-state index contributed by atoms with van der Waals surface area (Å²) in [5.74, 6) is 0.134. The highest BCUT2D eigenvalue weighted by Gasteiger charge is 2.34. The maximum Gasteiger partial charge on any atom is 0.234 e. The molecular weight excluding hydrogens is 173 g/mol. The van der Waals surface area contributed by atoms with Gasteiger partial charge in [0.25, 0.3) is 0 Å². The third-order valence-electron chi connectivity index (χ3n) is 2.54. The Bertz CT molecular complexity index is 199. The summed E-state index contributed by atoms with van der Waals surface area (Å²) in [6.45, 7) is 2.48. The maximum absolute atomic E-state index is 11.1. The number of nitrogens with one attached hydrogen (secondary N) is 2. The van der Waals surface area contributed by atoms with Gasteiger partial charge in [-0.3, -0.25) is 9.46 Å². The van der Waals surface area contributed by atoms with Crippen molar-refractivity contribution >= 4 is 15.3 Å². The van der Waals surface area contributed by atoms with Crippen molar-refractivity contribution in [2.45, 2.75) is 18.5 Å². The average molecular weight is 187 g/mol. The molecule has 4 nitrogen and oxygen atoms in total. The Hall–Kier alpha value is -0.180. The molecule has 0 aromatic rings. The smallest absolute Gasteiger partial charge is 0.234 e. The summed E-state index contributed by atoms with van der Waals surface area (Å²) in [5.41, 5.74) is 0. The summed E-state index contributed by atoms with van der Waals surface area (Å²) in [6.07, 6.45) is 1.12. The number of hydrogen-bond acceptors (Lipinski definition) is 3. The number of carbonyl (C=O) groups is 1. The van der Waals surface area contributed by atoms with Crippen LogP contribution in [0, 0.1) is 0 Å². The molecule has 2 heterocycles. The van der Waals surface area contributed by atoms with E-state index in [-0.39, 0.29) is 5.91 Å². The summed E-state index contributed by atoms with van der Waals surface area (Å²) in [5, 5.41) is 6.27. The Morgan fingerprint density at radius 3 is 3.25 bits per heavy atom. The van der Waals surface area contributed by atoms with Gasteiger partial charge in [0.2, 0.25) is 5.91 Å². The summed E-state index contributed by atoms with van der Waals surface area (Å²) < 4.78 is 2.07. The minimum atomic E-state index is 0.134. The zero-order valence-electron chi connectivity index (χ0n) is 6.92. The van der Waals surface area contributed by atoms with Crippen LogP contribution < -0.4 is 10.6 Å². The molecule has 5 heteroatoms. The Balaban J connectivity index is 2.06. The Morgan fingerprint density at radius 1 is 1.58 bits per heavy atom. The monoisotopic (exact) mass is 187 g/mol.